The van der Waals surface area contributed by atoms with Crippen LogP contribution in [0.4, 0.5) is 5.69 Å². The Morgan fingerprint density at radius 1 is 0.955 bits per heavy atom. The second kappa shape index (κ2) is 6.55. The lowest BCUT2D eigenvalue weighted by atomic mass is 10.1. The first-order valence-corrected chi connectivity index (χ1v) is 7.86. The van der Waals surface area contributed by atoms with Crippen molar-refractivity contribution in [2.24, 2.45) is 0 Å². The number of piperazine rings is 1. The first-order chi connectivity index (χ1) is 10.6. The van der Waals surface area contributed by atoms with Crippen molar-refractivity contribution < 1.29 is 9.78 Å². The van der Waals surface area contributed by atoms with Crippen LogP contribution in [0.15, 0.2) is 42.7 Å². The summed E-state index contributed by atoms with van der Waals surface area (Å²) in [6.45, 7) is 3.02. The third-order valence-electron chi connectivity index (χ3n) is 3.80. The quantitative estimate of drug-likeness (QED) is 0.845. The van der Waals surface area contributed by atoms with Crippen molar-refractivity contribution in [2.45, 2.75) is 0 Å². The molecule has 1 saturated heterocycles. The Balaban J connectivity index is 1.66. The van der Waals surface area contributed by atoms with Gasteiger partial charge in [0.2, 0.25) is 0 Å². The van der Waals surface area contributed by atoms with E-state index in [1.54, 1.807) is 18.2 Å². The van der Waals surface area contributed by atoms with Crippen molar-refractivity contribution >= 4 is 34.8 Å². The number of rotatable bonds is 2. The summed E-state index contributed by atoms with van der Waals surface area (Å²) in [7, 11) is 0. The highest BCUT2D eigenvalue weighted by molar-refractivity contribution is 6.42. The molecule has 3 rings (SSSR count). The van der Waals surface area contributed by atoms with Crippen LogP contribution in [0, 0.1) is 0 Å². The van der Waals surface area contributed by atoms with Gasteiger partial charge in [0.15, 0.2) is 12.4 Å². The fourth-order valence-corrected chi connectivity index (χ4v) is 2.87. The topological polar surface area (TPSA) is 37.7 Å². The minimum Gasteiger partial charge on any atom is -0.368 e. The molecule has 1 N–H and O–H groups in total. The molecule has 114 valence electrons. The minimum absolute atomic E-state index is 0.000360. The molecule has 2 heterocycles. The number of pyridine rings is 1. The number of amides is 1. The van der Waals surface area contributed by atoms with Crippen molar-refractivity contribution in [3.63, 3.8) is 0 Å². The lowest BCUT2D eigenvalue weighted by Crippen LogP contribution is -2.48. The maximum Gasteiger partial charge on any atom is 0.254 e. The summed E-state index contributed by atoms with van der Waals surface area (Å²) in [5.74, 6) is -0.000360. The number of halogens is 2. The fraction of sp³-hybridized carbons (Fsp3) is 0.250. The molecular formula is C16H16Cl2N3O+. The summed E-state index contributed by atoms with van der Waals surface area (Å²) >= 11 is 11.9. The Morgan fingerprint density at radius 3 is 2.27 bits per heavy atom. The monoisotopic (exact) mass is 336 g/mol. The van der Waals surface area contributed by atoms with Crippen LogP contribution in [-0.2, 0) is 0 Å². The predicted molar refractivity (Wildman–Crippen MR) is 87.6 cm³/mol. The highest BCUT2D eigenvalue weighted by Gasteiger charge is 2.22. The Bertz CT molecular complexity index is 670. The zero-order valence-corrected chi connectivity index (χ0v) is 13.4. The molecule has 0 saturated carbocycles. The first kappa shape index (κ1) is 15.1. The fourth-order valence-electron chi connectivity index (χ4n) is 2.57. The summed E-state index contributed by atoms with van der Waals surface area (Å²) in [5.41, 5.74) is 1.75. The van der Waals surface area contributed by atoms with Crippen LogP contribution in [0.5, 0.6) is 0 Å². The van der Waals surface area contributed by atoms with Gasteiger partial charge in [-0.15, -0.1) is 0 Å². The Labute approximate surface area is 139 Å². The Morgan fingerprint density at radius 2 is 1.64 bits per heavy atom. The normalized spacial score (nSPS) is 15.0. The molecule has 0 bridgehead atoms. The number of anilines is 1. The number of nitrogens with zero attached hydrogens (tertiary/aromatic N) is 2. The van der Waals surface area contributed by atoms with Crippen LogP contribution in [0.2, 0.25) is 10.0 Å². The van der Waals surface area contributed by atoms with E-state index >= 15 is 0 Å². The van der Waals surface area contributed by atoms with Crippen molar-refractivity contribution in [3.05, 3.63) is 58.3 Å². The smallest absolute Gasteiger partial charge is 0.254 e. The van der Waals surface area contributed by atoms with Crippen LogP contribution >= 0.6 is 23.2 Å². The molecule has 4 nitrogen and oxygen atoms in total. The standard InChI is InChI=1S/C16H15Cl2N3O/c17-14-2-1-12(11-15(14)18)16(22)21-9-7-20(8-10-21)13-3-5-19-6-4-13/h1-6,11H,7-10H2/p+1. The van der Waals surface area contributed by atoms with E-state index < -0.39 is 0 Å². The molecule has 1 aromatic carbocycles. The summed E-state index contributed by atoms with van der Waals surface area (Å²) in [5, 5.41) is 0.871. The van der Waals surface area contributed by atoms with Gasteiger partial charge in [-0.3, -0.25) is 4.79 Å². The van der Waals surface area contributed by atoms with Gasteiger partial charge < -0.3 is 9.80 Å². The van der Waals surface area contributed by atoms with E-state index in [1.165, 1.54) is 5.69 Å². The van der Waals surface area contributed by atoms with Gasteiger partial charge >= 0.3 is 0 Å². The zero-order chi connectivity index (χ0) is 15.5. The number of hydrogen-bond donors (Lipinski definition) is 0. The first-order valence-electron chi connectivity index (χ1n) is 7.10. The van der Waals surface area contributed by atoms with Crippen LogP contribution in [0.1, 0.15) is 10.4 Å². The van der Waals surface area contributed by atoms with Gasteiger partial charge in [0.05, 0.1) is 10.0 Å². The van der Waals surface area contributed by atoms with Crippen LogP contribution in [-0.4, -0.2) is 37.0 Å². The molecule has 1 aliphatic heterocycles. The largest absolute Gasteiger partial charge is 0.368 e. The van der Waals surface area contributed by atoms with E-state index in [2.05, 4.69) is 9.88 Å². The molecule has 1 aliphatic rings. The molecule has 2 aromatic rings. The Hall–Kier alpha value is -1.78. The average Bonchev–Trinajstić information content (AvgIpc) is 2.58. The van der Waals surface area contributed by atoms with Gasteiger partial charge in [0.1, 0.15) is 0 Å². The molecule has 0 unspecified atom stereocenters. The molecule has 0 aliphatic carbocycles. The third kappa shape index (κ3) is 3.18. The minimum atomic E-state index is -0.000360. The van der Waals surface area contributed by atoms with Crippen LogP contribution in [0.25, 0.3) is 0 Å². The molecule has 0 atom stereocenters. The predicted octanol–water partition coefficient (Wildman–Crippen LogP) is 2.77. The summed E-state index contributed by atoms with van der Waals surface area (Å²) in [4.78, 5) is 19.6. The van der Waals surface area contributed by atoms with Crippen LogP contribution in [0.3, 0.4) is 0 Å². The number of carbonyl (C=O) groups excluding carboxylic acids is 1. The van der Waals surface area contributed by atoms with Gasteiger partial charge in [0, 0.05) is 49.6 Å². The van der Waals surface area contributed by atoms with E-state index in [1.807, 2.05) is 29.4 Å². The van der Waals surface area contributed by atoms with Gasteiger partial charge in [-0.25, -0.2) is 4.98 Å². The number of H-pyrrole nitrogens is 1. The SMILES string of the molecule is O=C(c1ccc(Cl)c(Cl)c1)N1CCN(c2cc[nH+]cc2)CC1. The van der Waals surface area contributed by atoms with Gasteiger partial charge in [-0.05, 0) is 18.2 Å². The molecule has 1 fully saturated rings. The van der Waals surface area contributed by atoms with Crippen molar-refractivity contribution in [1.82, 2.24) is 4.90 Å². The number of nitrogens with one attached hydrogen (secondary N) is 1. The number of benzene rings is 1. The van der Waals surface area contributed by atoms with Crippen molar-refractivity contribution in [3.8, 4) is 0 Å². The maximum atomic E-state index is 12.5. The number of hydrogen-bond acceptors (Lipinski definition) is 2. The lowest BCUT2D eigenvalue weighted by Gasteiger charge is -2.35. The summed E-state index contributed by atoms with van der Waals surface area (Å²) < 4.78 is 0. The number of aromatic nitrogens is 1. The van der Waals surface area contributed by atoms with E-state index in [0.717, 1.165) is 13.1 Å². The van der Waals surface area contributed by atoms with Gasteiger partial charge in [0.25, 0.3) is 5.91 Å². The van der Waals surface area contributed by atoms with Crippen molar-refractivity contribution in [2.75, 3.05) is 31.1 Å². The van der Waals surface area contributed by atoms with E-state index in [9.17, 15) is 4.79 Å². The van der Waals surface area contributed by atoms with Crippen LogP contribution < -0.4 is 9.88 Å². The van der Waals surface area contributed by atoms with Crippen molar-refractivity contribution in [1.29, 1.82) is 0 Å². The average molecular weight is 337 g/mol. The summed E-state index contributed by atoms with van der Waals surface area (Å²) in [6, 6.07) is 9.09. The highest BCUT2D eigenvalue weighted by atomic mass is 35.5. The maximum absolute atomic E-state index is 12.5. The summed E-state index contributed by atoms with van der Waals surface area (Å²) in [6.07, 6.45) is 3.81. The zero-order valence-electron chi connectivity index (χ0n) is 11.9. The Kier molecular flexibility index (Phi) is 4.50. The molecule has 6 heteroatoms. The molecule has 0 radical (unpaired) electrons. The third-order valence-corrected chi connectivity index (χ3v) is 4.54. The second-order valence-electron chi connectivity index (χ2n) is 5.17. The molecule has 22 heavy (non-hydrogen) atoms. The molecular weight excluding hydrogens is 321 g/mol. The van der Waals surface area contributed by atoms with Gasteiger partial charge in [-0.1, -0.05) is 23.2 Å². The van der Waals surface area contributed by atoms with Gasteiger partial charge in [-0.2, -0.15) is 0 Å². The lowest BCUT2D eigenvalue weighted by molar-refractivity contribution is -0.377. The molecule has 1 aromatic heterocycles. The molecule has 1 amide bonds. The molecule has 0 spiro atoms. The van der Waals surface area contributed by atoms with E-state index in [-0.39, 0.29) is 5.91 Å². The number of carbonyl (C=O) groups is 1. The highest BCUT2D eigenvalue weighted by Crippen LogP contribution is 2.24. The number of aromatic amines is 1. The van der Waals surface area contributed by atoms with E-state index in [4.69, 9.17) is 23.2 Å². The second-order valence-corrected chi connectivity index (χ2v) is 5.98. The van der Waals surface area contributed by atoms with E-state index in [0.29, 0.717) is 28.7 Å².